The van der Waals surface area contributed by atoms with Crippen LogP contribution in [-0.2, 0) is 9.53 Å². The number of anilines is 1. The molecule has 1 fully saturated rings. The van der Waals surface area contributed by atoms with Crippen molar-refractivity contribution in [2.24, 2.45) is 5.92 Å². The molecular formula is C18H24N2O4. The highest BCUT2D eigenvalue weighted by Gasteiger charge is 2.23. The van der Waals surface area contributed by atoms with Gasteiger partial charge in [0.1, 0.15) is 0 Å². The Morgan fingerprint density at radius 3 is 2.50 bits per heavy atom. The van der Waals surface area contributed by atoms with Crippen LogP contribution in [0, 0.1) is 5.92 Å². The Labute approximate surface area is 142 Å². The molecule has 0 spiro atoms. The fourth-order valence-corrected chi connectivity index (χ4v) is 2.75. The first kappa shape index (κ1) is 18.0. The molecule has 2 amide bonds. The summed E-state index contributed by atoms with van der Waals surface area (Å²) in [6, 6.07) is 4.71. The Kier molecular flexibility index (Phi) is 5.95. The number of rotatable bonds is 4. The second kappa shape index (κ2) is 7.95. The van der Waals surface area contributed by atoms with Crippen LogP contribution in [0.4, 0.5) is 5.69 Å². The van der Waals surface area contributed by atoms with Crippen LogP contribution < -0.4 is 5.32 Å². The molecule has 0 aromatic heterocycles. The van der Waals surface area contributed by atoms with Crippen molar-refractivity contribution < 1.29 is 19.1 Å². The van der Waals surface area contributed by atoms with Gasteiger partial charge in [-0.05, 0) is 43.9 Å². The highest BCUT2D eigenvalue weighted by Crippen LogP contribution is 2.22. The van der Waals surface area contributed by atoms with Crippen molar-refractivity contribution in [3.05, 3.63) is 29.3 Å². The minimum atomic E-state index is -0.553. The summed E-state index contributed by atoms with van der Waals surface area (Å²) in [4.78, 5) is 37.9. The molecule has 2 rings (SSSR count). The molecule has 1 heterocycles. The lowest BCUT2D eigenvalue weighted by molar-refractivity contribution is -0.114. The smallest absolute Gasteiger partial charge is 0.340 e. The molecule has 6 nitrogen and oxygen atoms in total. The summed E-state index contributed by atoms with van der Waals surface area (Å²) in [5.41, 5.74) is 0.981. The van der Waals surface area contributed by atoms with Crippen LogP contribution in [0.5, 0.6) is 0 Å². The highest BCUT2D eigenvalue weighted by molar-refractivity contribution is 6.04. The van der Waals surface area contributed by atoms with Gasteiger partial charge in [-0.2, -0.15) is 0 Å². The maximum absolute atomic E-state index is 12.7. The molecule has 1 aliphatic rings. The van der Waals surface area contributed by atoms with E-state index in [0.717, 1.165) is 25.9 Å². The zero-order chi connectivity index (χ0) is 17.7. The van der Waals surface area contributed by atoms with Gasteiger partial charge < -0.3 is 15.0 Å². The van der Waals surface area contributed by atoms with E-state index in [2.05, 4.69) is 12.2 Å². The zero-order valence-electron chi connectivity index (χ0n) is 14.4. The third-order valence-electron chi connectivity index (χ3n) is 4.14. The number of ether oxygens (including phenoxy) is 1. The molecule has 0 radical (unpaired) electrons. The summed E-state index contributed by atoms with van der Waals surface area (Å²) in [6.45, 7) is 6.93. The number of hydrogen-bond donors (Lipinski definition) is 1. The fraction of sp³-hybridized carbons (Fsp3) is 0.500. The van der Waals surface area contributed by atoms with Gasteiger partial charge in [0, 0.05) is 25.6 Å². The van der Waals surface area contributed by atoms with Gasteiger partial charge >= 0.3 is 5.97 Å². The van der Waals surface area contributed by atoms with Crippen LogP contribution in [-0.4, -0.2) is 42.4 Å². The molecule has 0 bridgehead atoms. The van der Waals surface area contributed by atoms with E-state index in [1.54, 1.807) is 19.1 Å². The molecule has 6 heteroatoms. The van der Waals surface area contributed by atoms with Crippen LogP contribution in [0.1, 0.15) is 54.3 Å². The van der Waals surface area contributed by atoms with Gasteiger partial charge in [-0.25, -0.2) is 4.79 Å². The molecule has 0 atom stereocenters. The number of likely N-dealkylation sites (tertiary alicyclic amines) is 1. The number of hydrogen-bond acceptors (Lipinski definition) is 4. The standard InChI is InChI=1S/C18H24N2O4/c1-4-24-18(23)15-11-14(5-6-16(15)19-13(3)21)17(22)20-9-7-12(2)8-10-20/h5-6,11-12H,4,7-10H2,1-3H3,(H,19,21). The summed E-state index contributed by atoms with van der Waals surface area (Å²) >= 11 is 0. The Morgan fingerprint density at radius 2 is 1.92 bits per heavy atom. The van der Waals surface area contributed by atoms with Crippen LogP contribution in [0.15, 0.2) is 18.2 Å². The normalized spacial score (nSPS) is 15.0. The number of piperidine rings is 1. The first-order valence-corrected chi connectivity index (χ1v) is 8.30. The molecular weight excluding hydrogens is 308 g/mol. The lowest BCUT2D eigenvalue weighted by Crippen LogP contribution is -2.38. The van der Waals surface area contributed by atoms with Gasteiger partial charge in [0.25, 0.3) is 5.91 Å². The summed E-state index contributed by atoms with van der Waals surface area (Å²) in [5, 5.41) is 2.60. The average molecular weight is 332 g/mol. The molecule has 1 aromatic carbocycles. The van der Waals surface area contributed by atoms with E-state index in [0.29, 0.717) is 17.2 Å². The lowest BCUT2D eigenvalue weighted by atomic mass is 9.98. The monoisotopic (exact) mass is 332 g/mol. The maximum atomic E-state index is 12.7. The lowest BCUT2D eigenvalue weighted by Gasteiger charge is -2.30. The Hall–Kier alpha value is -2.37. The Morgan fingerprint density at radius 1 is 1.25 bits per heavy atom. The van der Waals surface area contributed by atoms with Crippen molar-refractivity contribution in [2.45, 2.75) is 33.6 Å². The molecule has 0 aliphatic carbocycles. The van der Waals surface area contributed by atoms with Gasteiger partial charge in [-0.15, -0.1) is 0 Å². The SMILES string of the molecule is CCOC(=O)c1cc(C(=O)N2CCC(C)CC2)ccc1NC(C)=O. The van der Waals surface area contributed by atoms with Gasteiger partial charge in [-0.1, -0.05) is 6.92 Å². The summed E-state index contributed by atoms with van der Waals surface area (Å²) in [5.74, 6) is -0.305. The number of nitrogens with zero attached hydrogens (tertiary/aromatic N) is 1. The quantitative estimate of drug-likeness (QED) is 0.860. The minimum Gasteiger partial charge on any atom is -0.462 e. The number of carbonyl (C=O) groups excluding carboxylic acids is 3. The largest absolute Gasteiger partial charge is 0.462 e. The molecule has 0 saturated carbocycles. The Bertz CT molecular complexity index is 634. The van der Waals surface area contributed by atoms with E-state index in [1.165, 1.54) is 13.0 Å². The molecule has 1 aromatic rings. The molecule has 1 saturated heterocycles. The van der Waals surface area contributed by atoms with E-state index >= 15 is 0 Å². The fourth-order valence-electron chi connectivity index (χ4n) is 2.75. The van der Waals surface area contributed by atoms with E-state index in [4.69, 9.17) is 4.74 Å². The predicted molar refractivity (Wildman–Crippen MR) is 91.0 cm³/mol. The Balaban J connectivity index is 2.27. The third kappa shape index (κ3) is 4.34. The topological polar surface area (TPSA) is 75.7 Å². The summed E-state index contributed by atoms with van der Waals surface area (Å²) in [7, 11) is 0. The van der Waals surface area contributed by atoms with Crippen LogP contribution in [0.25, 0.3) is 0 Å². The highest BCUT2D eigenvalue weighted by atomic mass is 16.5. The van der Waals surface area contributed by atoms with Gasteiger partial charge in [0.05, 0.1) is 17.9 Å². The molecule has 0 unspecified atom stereocenters. The molecule has 130 valence electrons. The van der Waals surface area contributed by atoms with Crippen molar-refractivity contribution >= 4 is 23.5 Å². The maximum Gasteiger partial charge on any atom is 0.340 e. The first-order valence-electron chi connectivity index (χ1n) is 8.30. The van der Waals surface area contributed by atoms with Gasteiger partial charge in [-0.3, -0.25) is 9.59 Å². The second-order valence-corrected chi connectivity index (χ2v) is 6.14. The predicted octanol–water partition coefficient (Wildman–Crippen LogP) is 2.69. The third-order valence-corrected chi connectivity index (χ3v) is 4.14. The van der Waals surface area contributed by atoms with Crippen LogP contribution in [0.3, 0.4) is 0 Å². The van der Waals surface area contributed by atoms with E-state index in [9.17, 15) is 14.4 Å². The van der Waals surface area contributed by atoms with Crippen molar-refractivity contribution in [3.8, 4) is 0 Å². The van der Waals surface area contributed by atoms with Gasteiger partial charge in [0.2, 0.25) is 5.91 Å². The average Bonchev–Trinajstić information content (AvgIpc) is 2.55. The molecule has 1 aliphatic heterocycles. The first-order chi connectivity index (χ1) is 11.4. The van der Waals surface area contributed by atoms with Crippen molar-refractivity contribution in [3.63, 3.8) is 0 Å². The van der Waals surface area contributed by atoms with E-state index < -0.39 is 5.97 Å². The zero-order valence-corrected chi connectivity index (χ0v) is 14.4. The van der Waals surface area contributed by atoms with E-state index in [-0.39, 0.29) is 24.0 Å². The number of nitrogens with one attached hydrogen (secondary N) is 1. The van der Waals surface area contributed by atoms with Crippen molar-refractivity contribution in [2.75, 3.05) is 25.0 Å². The molecule has 24 heavy (non-hydrogen) atoms. The number of amides is 2. The van der Waals surface area contributed by atoms with Crippen molar-refractivity contribution in [1.29, 1.82) is 0 Å². The summed E-state index contributed by atoms with van der Waals surface area (Å²) < 4.78 is 5.03. The van der Waals surface area contributed by atoms with Crippen LogP contribution in [0.2, 0.25) is 0 Å². The number of benzene rings is 1. The van der Waals surface area contributed by atoms with Crippen LogP contribution >= 0.6 is 0 Å². The van der Waals surface area contributed by atoms with Gasteiger partial charge in [0.15, 0.2) is 0 Å². The summed E-state index contributed by atoms with van der Waals surface area (Å²) in [6.07, 6.45) is 1.97. The second-order valence-electron chi connectivity index (χ2n) is 6.14. The minimum absolute atomic E-state index is 0.0955. The van der Waals surface area contributed by atoms with E-state index in [1.807, 2.05) is 4.90 Å². The number of carbonyl (C=O) groups is 3. The number of esters is 1. The molecule has 1 N–H and O–H groups in total. The van der Waals surface area contributed by atoms with Crippen molar-refractivity contribution in [1.82, 2.24) is 4.90 Å².